The normalized spacial score (nSPS) is 12.7. The third-order valence-electron chi connectivity index (χ3n) is 2.93. The lowest BCUT2D eigenvalue weighted by Crippen LogP contribution is -2.42. The smallest absolute Gasteiger partial charge is 0.377 e. The molecule has 4 nitrogen and oxygen atoms in total. The number of hydrogen-bond acceptors (Lipinski definition) is 3. The average molecular weight is 303 g/mol. The number of hydrogen-bond donors (Lipinski definition) is 2. The van der Waals surface area contributed by atoms with Crippen LogP contribution in [0.25, 0.3) is 0 Å². The molecule has 0 aliphatic heterocycles. The van der Waals surface area contributed by atoms with Crippen LogP contribution in [0.1, 0.15) is 12.5 Å². The Balaban J connectivity index is 2.68. The molecule has 1 aromatic rings. The number of benzene rings is 1. The third kappa shape index (κ3) is 5.53. The monoisotopic (exact) mass is 303 g/mol. The van der Waals surface area contributed by atoms with Crippen LogP contribution in [0.2, 0.25) is 0 Å². The Bertz CT molecular complexity index is 501. The van der Waals surface area contributed by atoms with Crippen LogP contribution in [0.4, 0.5) is 24.5 Å². The molecule has 1 aromatic carbocycles. The molecule has 1 amide bonds. The molecule has 1 atom stereocenters. The Morgan fingerprint density at radius 2 is 1.95 bits per heavy atom. The number of nitrogens with one attached hydrogen (secondary N) is 2. The second-order valence-electron chi connectivity index (χ2n) is 5.09. The average Bonchev–Trinajstić information content (AvgIpc) is 2.36. The maximum Gasteiger partial charge on any atom is 0.405 e. The lowest BCUT2D eigenvalue weighted by atomic mass is 10.1. The van der Waals surface area contributed by atoms with Crippen molar-refractivity contribution in [3.8, 4) is 0 Å². The number of amides is 1. The molecule has 0 saturated carbocycles. The number of nitrogens with zero attached hydrogens (tertiary/aromatic N) is 1. The fourth-order valence-corrected chi connectivity index (χ4v) is 1.84. The second kappa shape index (κ2) is 6.69. The van der Waals surface area contributed by atoms with Crippen LogP contribution in [-0.4, -0.2) is 38.8 Å². The van der Waals surface area contributed by atoms with Gasteiger partial charge in [-0.05, 0) is 31.5 Å². The van der Waals surface area contributed by atoms with Gasteiger partial charge < -0.3 is 15.5 Å². The van der Waals surface area contributed by atoms with Crippen molar-refractivity contribution in [2.75, 3.05) is 30.9 Å². The molecule has 118 valence electrons. The van der Waals surface area contributed by atoms with Crippen molar-refractivity contribution in [3.05, 3.63) is 23.8 Å². The summed E-state index contributed by atoms with van der Waals surface area (Å²) in [5.74, 6) is -0.695. The van der Waals surface area contributed by atoms with Crippen molar-refractivity contribution >= 4 is 17.3 Å². The van der Waals surface area contributed by atoms with E-state index in [1.54, 1.807) is 6.07 Å². The number of carbonyl (C=O) groups is 1. The van der Waals surface area contributed by atoms with E-state index in [-0.39, 0.29) is 0 Å². The van der Waals surface area contributed by atoms with E-state index in [0.29, 0.717) is 5.69 Å². The van der Waals surface area contributed by atoms with E-state index in [2.05, 4.69) is 5.32 Å². The van der Waals surface area contributed by atoms with Gasteiger partial charge in [-0.25, -0.2) is 0 Å². The summed E-state index contributed by atoms with van der Waals surface area (Å²) in [6.45, 7) is 2.15. The maximum atomic E-state index is 12.1. The van der Waals surface area contributed by atoms with Crippen LogP contribution in [-0.2, 0) is 4.79 Å². The summed E-state index contributed by atoms with van der Waals surface area (Å²) in [7, 11) is 3.79. The van der Waals surface area contributed by atoms with Gasteiger partial charge >= 0.3 is 6.18 Å². The first kappa shape index (κ1) is 17.1. The minimum atomic E-state index is -4.41. The van der Waals surface area contributed by atoms with Gasteiger partial charge in [0, 0.05) is 25.5 Å². The number of rotatable bonds is 5. The van der Waals surface area contributed by atoms with Crippen LogP contribution < -0.4 is 15.5 Å². The fraction of sp³-hybridized carbons (Fsp3) is 0.500. The van der Waals surface area contributed by atoms with Gasteiger partial charge in [-0.15, -0.1) is 0 Å². The summed E-state index contributed by atoms with van der Waals surface area (Å²) in [5.41, 5.74) is 2.72. The van der Waals surface area contributed by atoms with Crippen LogP contribution in [0.3, 0.4) is 0 Å². The standard InChI is InChI=1S/C14H20F3N3O/c1-9-5-6-11(7-12(9)20(3)4)19-10(2)13(21)18-8-14(15,16)17/h5-7,10,19H,8H2,1-4H3,(H,18,21). The lowest BCUT2D eigenvalue weighted by Gasteiger charge is -2.20. The molecule has 2 N–H and O–H groups in total. The molecule has 0 radical (unpaired) electrons. The predicted octanol–water partition coefficient (Wildman–Crippen LogP) is 2.54. The molecule has 0 aliphatic carbocycles. The van der Waals surface area contributed by atoms with E-state index in [9.17, 15) is 18.0 Å². The summed E-state index contributed by atoms with van der Waals surface area (Å²) in [5, 5.41) is 4.75. The molecular formula is C14H20F3N3O. The first-order valence-corrected chi connectivity index (χ1v) is 6.49. The van der Waals surface area contributed by atoms with Crippen LogP contribution in [0.15, 0.2) is 18.2 Å². The summed E-state index contributed by atoms with van der Waals surface area (Å²) in [4.78, 5) is 13.5. The van der Waals surface area contributed by atoms with Crippen molar-refractivity contribution in [1.82, 2.24) is 5.32 Å². The van der Waals surface area contributed by atoms with E-state index >= 15 is 0 Å². The van der Waals surface area contributed by atoms with Gasteiger partial charge in [0.05, 0.1) is 0 Å². The molecule has 1 unspecified atom stereocenters. The minimum Gasteiger partial charge on any atom is -0.377 e. The first-order chi connectivity index (χ1) is 9.60. The molecule has 0 spiro atoms. The molecule has 0 fully saturated rings. The third-order valence-corrected chi connectivity index (χ3v) is 2.93. The highest BCUT2D eigenvalue weighted by molar-refractivity contribution is 5.84. The van der Waals surface area contributed by atoms with Gasteiger partial charge in [0.15, 0.2) is 0 Å². The topological polar surface area (TPSA) is 44.4 Å². The van der Waals surface area contributed by atoms with Gasteiger partial charge in [0.1, 0.15) is 12.6 Å². The van der Waals surface area contributed by atoms with E-state index in [1.807, 2.05) is 43.4 Å². The number of halogens is 3. The Labute approximate surface area is 122 Å². The molecule has 0 saturated heterocycles. The van der Waals surface area contributed by atoms with Crippen molar-refractivity contribution < 1.29 is 18.0 Å². The van der Waals surface area contributed by atoms with Crippen molar-refractivity contribution in [2.24, 2.45) is 0 Å². The fourth-order valence-electron chi connectivity index (χ4n) is 1.84. The minimum absolute atomic E-state index is 0.680. The summed E-state index contributed by atoms with van der Waals surface area (Å²) in [6, 6.07) is 4.77. The highest BCUT2D eigenvalue weighted by atomic mass is 19.4. The van der Waals surface area contributed by atoms with Gasteiger partial charge in [-0.1, -0.05) is 6.07 Å². The van der Waals surface area contributed by atoms with Crippen molar-refractivity contribution in [2.45, 2.75) is 26.1 Å². The largest absolute Gasteiger partial charge is 0.405 e. The zero-order chi connectivity index (χ0) is 16.2. The van der Waals surface area contributed by atoms with Crippen molar-refractivity contribution in [1.29, 1.82) is 0 Å². The van der Waals surface area contributed by atoms with Crippen LogP contribution >= 0.6 is 0 Å². The highest BCUT2D eigenvalue weighted by Crippen LogP contribution is 2.23. The van der Waals surface area contributed by atoms with Crippen LogP contribution in [0.5, 0.6) is 0 Å². The van der Waals surface area contributed by atoms with E-state index < -0.39 is 24.7 Å². The Morgan fingerprint density at radius 3 is 2.48 bits per heavy atom. The molecular weight excluding hydrogens is 283 g/mol. The summed E-state index contributed by atoms with van der Waals surface area (Å²) >= 11 is 0. The van der Waals surface area contributed by atoms with Gasteiger partial charge in [-0.3, -0.25) is 4.79 Å². The van der Waals surface area contributed by atoms with Crippen LogP contribution in [0, 0.1) is 6.92 Å². The first-order valence-electron chi connectivity index (χ1n) is 6.49. The summed E-state index contributed by atoms with van der Waals surface area (Å²) in [6.07, 6.45) is -4.41. The number of alkyl halides is 3. The number of anilines is 2. The SMILES string of the molecule is Cc1ccc(NC(C)C(=O)NCC(F)(F)F)cc1N(C)C. The zero-order valence-corrected chi connectivity index (χ0v) is 12.5. The quantitative estimate of drug-likeness (QED) is 0.878. The van der Waals surface area contributed by atoms with Gasteiger partial charge in [-0.2, -0.15) is 13.2 Å². The Kier molecular flexibility index (Phi) is 5.46. The van der Waals surface area contributed by atoms with Gasteiger partial charge in [0.2, 0.25) is 5.91 Å². The molecule has 0 bridgehead atoms. The molecule has 1 rings (SSSR count). The lowest BCUT2D eigenvalue weighted by molar-refractivity contribution is -0.138. The Morgan fingerprint density at radius 1 is 1.33 bits per heavy atom. The zero-order valence-electron chi connectivity index (χ0n) is 12.5. The molecule has 21 heavy (non-hydrogen) atoms. The van der Waals surface area contributed by atoms with E-state index in [1.165, 1.54) is 6.92 Å². The van der Waals surface area contributed by atoms with E-state index in [0.717, 1.165) is 11.3 Å². The van der Waals surface area contributed by atoms with Crippen molar-refractivity contribution in [3.63, 3.8) is 0 Å². The number of carbonyl (C=O) groups excluding carboxylic acids is 1. The molecule has 0 heterocycles. The van der Waals surface area contributed by atoms with E-state index in [4.69, 9.17) is 0 Å². The highest BCUT2D eigenvalue weighted by Gasteiger charge is 2.28. The summed E-state index contributed by atoms with van der Waals surface area (Å²) < 4.78 is 36.2. The van der Waals surface area contributed by atoms with Gasteiger partial charge in [0.25, 0.3) is 0 Å². The second-order valence-corrected chi connectivity index (χ2v) is 5.09. The molecule has 0 aromatic heterocycles. The molecule has 0 aliphatic rings. The molecule has 7 heteroatoms. The Hall–Kier alpha value is -1.92. The maximum absolute atomic E-state index is 12.1. The predicted molar refractivity (Wildman–Crippen MR) is 77.7 cm³/mol. The number of aryl methyl sites for hydroxylation is 1.